The fourth-order valence-corrected chi connectivity index (χ4v) is 4.06. The van der Waals surface area contributed by atoms with Gasteiger partial charge in [0, 0.05) is 25.3 Å². The molecule has 0 aromatic heterocycles. The minimum atomic E-state index is 0.373. The molecule has 3 heteroatoms. The molecular weight excluding hydrogens is 214 g/mol. The third-order valence-electron chi connectivity index (χ3n) is 4.54. The summed E-state index contributed by atoms with van der Waals surface area (Å²) in [6.45, 7) is 8.14. The summed E-state index contributed by atoms with van der Waals surface area (Å²) in [6, 6.07) is 0.788. The van der Waals surface area contributed by atoms with Crippen molar-refractivity contribution in [3.63, 3.8) is 0 Å². The van der Waals surface area contributed by atoms with Crippen molar-refractivity contribution < 1.29 is 9.47 Å². The number of fused-ring (bicyclic) bond motifs is 3. The Morgan fingerprint density at radius 1 is 1.41 bits per heavy atom. The van der Waals surface area contributed by atoms with Crippen LogP contribution in [0.2, 0.25) is 0 Å². The van der Waals surface area contributed by atoms with Gasteiger partial charge in [0.15, 0.2) is 0 Å². The minimum Gasteiger partial charge on any atom is -0.383 e. The van der Waals surface area contributed by atoms with E-state index in [1.807, 2.05) is 21.0 Å². The van der Waals surface area contributed by atoms with Crippen LogP contribution in [-0.2, 0) is 9.47 Å². The maximum Gasteiger partial charge on any atom is 0.0646 e. The molecule has 3 unspecified atom stereocenters. The van der Waals surface area contributed by atoms with E-state index in [0.29, 0.717) is 5.54 Å². The molecule has 0 amide bonds. The van der Waals surface area contributed by atoms with E-state index in [2.05, 4.69) is 4.90 Å². The van der Waals surface area contributed by atoms with Gasteiger partial charge < -0.3 is 9.47 Å². The summed E-state index contributed by atoms with van der Waals surface area (Å²) in [6.07, 6.45) is 5.21. The second-order valence-electron chi connectivity index (χ2n) is 5.35. The van der Waals surface area contributed by atoms with Crippen molar-refractivity contribution in [2.24, 2.45) is 5.92 Å². The SMILES string of the molecule is CC.COCC12CCCN1C1CCOCC1C2. The van der Waals surface area contributed by atoms with Crippen LogP contribution >= 0.6 is 0 Å². The van der Waals surface area contributed by atoms with Crippen LogP contribution in [0, 0.1) is 5.92 Å². The van der Waals surface area contributed by atoms with Crippen LogP contribution in [0.1, 0.15) is 39.5 Å². The van der Waals surface area contributed by atoms with Crippen LogP contribution in [0.3, 0.4) is 0 Å². The predicted molar refractivity (Wildman–Crippen MR) is 69.2 cm³/mol. The minimum absolute atomic E-state index is 0.373. The highest BCUT2D eigenvalue weighted by Crippen LogP contribution is 2.47. The van der Waals surface area contributed by atoms with E-state index in [1.54, 1.807) is 0 Å². The Morgan fingerprint density at radius 3 is 3.00 bits per heavy atom. The van der Waals surface area contributed by atoms with E-state index in [9.17, 15) is 0 Å². The van der Waals surface area contributed by atoms with Crippen LogP contribution in [0.5, 0.6) is 0 Å². The molecule has 0 saturated carbocycles. The van der Waals surface area contributed by atoms with Crippen LogP contribution in [0.25, 0.3) is 0 Å². The summed E-state index contributed by atoms with van der Waals surface area (Å²) >= 11 is 0. The largest absolute Gasteiger partial charge is 0.383 e. The Labute approximate surface area is 105 Å². The molecule has 0 radical (unpaired) electrons. The van der Waals surface area contributed by atoms with Gasteiger partial charge in [0.1, 0.15) is 0 Å². The van der Waals surface area contributed by atoms with Gasteiger partial charge in [0.05, 0.1) is 13.2 Å². The number of hydrogen-bond donors (Lipinski definition) is 0. The fraction of sp³-hybridized carbons (Fsp3) is 1.00. The Balaban J connectivity index is 0.000000514. The van der Waals surface area contributed by atoms with Gasteiger partial charge in [-0.05, 0) is 38.1 Å². The maximum absolute atomic E-state index is 5.60. The average Bonchev–Trinajstić information content (AvgIpc) is 2.87. The molecule has 0 aromatic carbocycles. The number of hydrogen-bond acceptors (Lipinski definition) is 3. The molecule has 3 rings (SSSR count). The van der Waals surface area contributed by atoms with E-state index >= 15 is 0 Å². The van der Waals surface area contributed by atoms with Gasteiger partial charge in [0.2, 0.25) is 0 Å². The first-order valence-corrected chi connectivity index (χ1v) is 7.19. The number of rotatable bonds is 2. The molecule has 3 heterocycles. The quantitative estimate of drug-likeness (QED) is 0.740. The average molecular weight is 241 g/mol. The van der Waals surface area contributed by atoms with Crippen molar-refractivity contribution >= 4 is 0 Å². The van der Waals surface area contributed by atoms with E-state index in [1.165, 1.54) is 32.2 Å². The van der Waals surface area contributed by atoms with Crippen LogP contribution in [0.4, 0.5) is 0 Å². The summed E-state index contributed by atoms with van der Waals surface area (Å²) in [5.41, 5.74) is 0.373. The highest BCUT2D eigenvalue weighted by molar-refractivity contribution is 5.08. The lowest BCUT2D eigenvalue weighted by Gasteiger charge is -2.35. The first kappa shape index (κ1) is 13.3. The van der Waals surface area contributed by atoms with Crippen LogP contribution < -0.4 is 0 Å². The first-order chi connectivity index (χ1) is 8.36. The van der Waals surface area contributed by atoms with E-state index < -0.39 is 0 Å². The Hall–Kier alpha value is -0.120. The number of nitrogens with zero attached hydrogens (tertiary/aromatic N) is 1. The lowest BCUT2D eigenvalue weighted by Crippen LogP contribution is -2.46. The highest BCUT2D eigenvalue weighted by atomic mass is 16.5. The number of methoxy groups -OCH3 is 1. The molecule has 3 aliphatic rings. The monoisotopic (exact) mass is 241 g/mol. The molecule has 3 nitrogen and oxygen atoms in total. The van der Waals surface area contributed by atoms with Gasteiger partial charge in [-0.2, -0.15) is 0 Å². The van der Waals surface area contributed by atoms with Crippen molar-refractivity contribution in [3.8, 4) is 0 Å². The number of ether oxygens (including phenoxy) is 2. The van der Waals surface area contributed by atoms with Gasteiger partial charge in [-0.3, -0.25) is 4.90 Å². The van der Waals surface area contributed by atoms with Crippen LogP contribution in [0.15, 0.2) is 0 Å². The third-order valence-corrected chi connectivity index (χ3v) is 4.54. The third kappa shape index (κ3) is 2.25. The van der Waals surface area contributed by atoms with Gasteiger partial charge >= 0.3 is 0 Å². The molecule has 0 aromatic rings. The zero-order chi connectivity index (χ0) is 12.3. The molecular formula is C14H27NO2. The standard InChI is InChI=1S/C12H21NO2.C2H6/c1-14-9-12-4-2-5-13(12)11-3-6-15-8-10(11)7-12;1-2/h10-11H,2-9H2,1H3;1-2H3. The van der Waals surface area contributed by atoms with Crippen LogP contribution in [-0.4, -0.2) is 50.0 Å². The Kier molecular flexibility index (Phi) is 4.45. The summed E-state index contributed by atoms with van der Waals surface area (Å²) in [7, 11) is 1.84. The van der Waals surface area contributed by atoms with Gasteiger partial charge in [0.25, 0.3) is 0 Å². The summed E-state index contributed by atoms with van der Waals surface area (Å²) in [5.74, 6) is 0.772. The topological polar surface area (TPSA) is 21.7 Å². The second kappa shape index (κ2) is 5.68. The maximum atomic E-state index is 5.60. The van der Waals surface area contributed by atoms with E-state index in [0.717, 1.165) is 31.8 Å². The van der Waals surface area contributed by atoms with Gasteiger partial charge in [-0.15, -0.1) is 0 Å². The second-order valence-corrected chi connectivity index (χ2v) is 5.35. The molecule has 0 spiro atoms. The molecule has 0 aliphatic carbocycles. The molecule has 3 atom stereocenters. The molecule has 17 heavy (non-hydrogen) atoms. The summed E-state index contributed by atoms with van der Waals surface area (Å²) < 4.78 is 11.1. The zero-order valence-corrected chi connectivity index (χ0v) is 11.6. The zero-order valence-electron chi connectivity index (χ0n) is 11.6. The predicted octanol–water partition coefficient (Wildman–Crippen LogP) is 2.30. The van der Waals surface area contributed by atoms with Gasteiger partial charge in [-0.1, -0.05) is 13.8 Å². The summed E-state index contributed by atoms with van der Waals surface area (Å²) in [5, 5.41) is 0. The first-order valence-electron chi connectivity index (χ1n) is 7.19. The van der Waals surface area contributed by atoms with E-state index in [-0.39, 0.29) is 0 Å². The lowest BCUT2D eigenvalue weighted by atomic mass is 9.88. The molecule has 100 valence electrons. The Bertz CT molecular complexity index is 246. The van der Waals surface area contributed by atoms with Gasteiger partial charge in [-0.25, -0.2) is 0 Å². The fourth-order valence-electron chi connectivity index (χ4n) is 4.06. The highest BCUT2D eigenvalue weighted by Gasteiger charge is 2.54. The lowest BCUT2D eigenvalue weighted by molar-refractivity contribution is 0.0102. The molecule has 3 saturated heterocycles. The smallest absolute Gasteiger partial charge is 0.0646 e. The normalized spacial score (nSPS) is 40.4. The van der Waals surface area contributed by atoms with Crippen molar-refractivity contribution in [2.45, 2.75) is 51.1 Å². The Morgan fingerprint density at radius 2 is 2.24 bits per heavy atom. The molecule has 0 bridgehead atoms. The van der Waals surface area contributed by atoms with Crippen molar-refractivity contribution in [1.82, 2.24) is 4.90 Å². The molecule has 0 N–H and O–H groups in total. The molecule has 3 fully saturated rings. The van der Waals surface area contributed by atoms with Crippen molar-refractivity contribution in [3.05, 3.63) is 0 Å². The van der Waals surface area contributed by atoms with E-state index in [4.69, 9.17) is 9.47 Å². The molecule has 3 aliphatic heterocycles. The van der Waals surface area contributed by atoms with Crippen molar-refractivity contribution in [2.75, 3.05) is 33.5 Å². The summed E-state index contributed by atoms with van der Waals surface area (Å²) in [4.78, 5) is 2.74. The van der Waals surface area contributed by atoms with Crippen molar-refractivity contribution in [1.29, 1.82) is 0 Å².